The third-order valence-electron chi connectivity index (χ3n) is 8.55. The Balaban J connectivity index is 1.03. The summed E-state index contributed by atoms with van der Waals surface area (Å²) < 4.78 is 11.5. The van der Waals surface area contributed by atoms with E-state index < -0.39 is 0 Å². The number of anilines is 1. The van der Waals surface area contributed by atoms with Gasteiger partial charge in [0.2, 0.25) is 11.9 Å². The Bertz CT molecular complexity index is 1370. The number of amides is 1. The number of hydrogen-bond donors (Lipinski definition) is 0. The van der Waals surface area contributed by atoms with Crippen molar-refractivity contribution in [3.05, 3.63) is 83.2 Å². The van der Waals surface area contributed by atoms with E-state index in [1.54, 1.807) is 13.2 Å². The van der Waals surface area contributed by atoms with Crippen LogP contribution in [0.1, 0.15) is 41.6 Å². The van der Waals surface area contributed by atoms with Crippen LogP contribution in [0.5, 0.6) is 11.5 Å². The zero-order valence-electron chi connectivity index (χ0n) is 23.9. The van der Waals surface area contributed by atoms with Gasteiger partial charge in [0.25, 0.3) is 0 Å². The highest BCUT2D eigenvalue weighted by Gasteiger charge is 2.29. The normalized spacial score (nSPS) is 18.1. The Morgan fingerprint density at radius 3 is 2.54 bits per heavy atom. The Morgan fingerprint density at radius 2 is 1.78 bits per heavy atom. The van der Waals surface area contributed by atoms with Gasteiger partial charge < -0.3 is 19.3 Å². The van der Waals surface area contributed by atoms with Crippen LogP contribution in [-0.4, -0.2) is 78.1 Å². The van der Waals surface area contributed by atoms with Gasteiger partial charge in [-0.25, -0.2) is 9.97 Å². The fourth-order valence-electron chi connectivity index (χ4n) is 5.79. The minimum Gasteiger partial charge on any atom is -0.493 e. The molecule has 0 unspecified atom stereocenters. The number of methoxy groups -OCH3 is 1. The molecule has 0 spiro atoms. The van der Waals surface area contributed by atoms with E-state index in [9.17, 15) is 4.79 Å². The van der Waals surface area contributed by atoms with Crippen LogP contribution in [0.4, 0.5) is 5.95 Å². The van der Waals surface area contributed by atoms with E-state index in [1.807, 2.05) is 65.7 Å². The number of fused-ring (bicyclic) bond motifs is 1. The number of nitrogens with zero attached hydrogens (tertiary/aromatic N) is 5. The molecule has 2 fully saturated rings. The molecule has 3 aliphatic rings. The van der Waals surface area contributed by atoms with E-state index in [-0.39, 0.29) is 5.91 Å². The smallest absolute Gasteiger partial charge is 0.246 e. The molecule has 0 atom stereocenters. The molecule has 8 nitrogen and oxygen atoms in total. The van der Waals surface area contributed by atoms with Crippen LogP contribution in [-0.2, 0) is 24.2 Å². The number of hydrogen-bond acceptors (Lipinski definition) is 7. The summed E-state index contributed by atoms with van der Waals surface area (Å²) in [6, 6.07) is 16.5. The molecular formula is C33H39N5O3. The predicted molar refractivity (Wildman–Crippen MR) is 160 cm³/mol. The number of carbonyl (C=O) groups is 1. The van der Waals surface area contributed by atoms with Gasteiger partial charge in [-0.2, -0.15) is 0 Å². The summed E-state index contributed by atoms with van der Waals surface area (Å²) in [6.45, 7) is 5.92. The van der Waals surface area contributed by atoms with Gasteiger partial charge >= 0.3 is 0 Å². The molecule has 8 heteroatoms. The van der Waals surface area contributed by atoms with Crippen molar-refractivity contribution in [3.63, 3.8) is 0 Å². The van der Waals surface area contributed by atoms with Crippen molar-refractivity contribution < 1.29 is 14.3 Å². The van der Waals surface area contributed by atoms with E-state index in [2.05, 4.69) is 9.80 Å². The predicted octanol–water partition coefficient (Wildman–Crippen LogP) is 4.38. The lowest BCUT2D eigenvalue weighted by Crippen LogP contribution is -2.52. The van der Waals surface area contributed by atoms with Crippen LogP contribution in [0, 0.1) is 0 Å². The highest BCUT2D eigenvalue weighted by atomic mass is 16.5. The summed E-state index contributed by atoms with van der Waals surface area (Å²) in [5.74, 6) is 2.15. The molecule has 0 bridgehead atoms. The van der Waals surface area contributed by atoms with E-state index in [4.69, 9.17) is 19.4 Å². The van der Waals surface area contributed by atoms with Gasteiger partial charge in [-0.1, -0.05) is 42.8 Å². The van der Waals surface area contributed by atoms with Gasteiger partial charge in [0.1, 0.15) is 6.61 Å². The SMILES string of the molecule is COc1cc(/C=C/C(=O)N2CCc3cnc(N4CCN(C5CCC5)CC4)nc3CC2)ccc1OCc1ccccc1. The van der Waals surface area contributed by atoms with E-state index in [0.29, 0.717) is 31.2 Å². The summed E-state index contributed by atoms with van der Waals surface area (Å²) in [5, 5.41) is 0. The summed E-state index contributed by atoms with van der Waals surface area (Å²) in [7, 11) is 1.63. The van der Waals surface area contributed by atoms with Crippen molar-refractivity contribution in [1.29, 1.82) is 0 Å². The molecule has 41 heavy (non-hydrogen) atoms. The Kier molecular flexibility index (Phi) is 8.46. The molecule has 6 rings (SSSR count). The number of rotatable bonds is 8. The number of piperazine rings is 1. The summed E-state index contributed by atoms with van der Waals surface area (Å²) >= 11 is 0. The first-order valence-corrected chi connectivity index (χ1v) is 14.8. The molecule has 1 saturated carbocycles. The summed E-state index contributed by atoms with van der Waals surface area (Å²) in [6.07, 6.45) is 11.1. The molecule has 2 aliphatic heterocycles. The second-order valence-corrected chi connectivity index (χ2v) is 11.1. The fraction of sp³-hybridized carbons (Fsp3) is 0.424. The van der Waals surface area contributed by atoms with Gasteiger partial charge in [0.05, 0.1) is 12.8 Å². The molecular weight excluding hydrogens is 514 g/mol. The van der Waals surface area contributed by atoms with Crippen LogP contribution in [0.3, 0.4) is 0 Å². The molecule has 2 aromatic carbocycles. The van der Waals surface area contributed by atoms with Gasteiger partial charge in [-0.05, 0) is 54.2 Å². The van der Waals surface area contributed by atoms with Gasteiger partial charge in [0.15, 0.2) is 11.5 Å². The summed E-state index contributed by atoms with van der Waals surface area (Å²) in [4.78, 5) is 29.7. The first-order valence-electron chi connectivity index (χ1n) is 14.8. The van der Waals surface area contributed by atoms with Crippen molar-refractivity contribution in [2.45, 2.75) is 44.8 Å². The van der Waals surface area contributed by atoms with E-state index in [0.717, 1.165) is 73.4 Å². The standard InChI is InChI=1S/C33H39N5O3/c1-40-31-22-25(10-12-30(31)41-24-26-6-3-2-4-7-26)11-13-32(39)37-16-14-27-23-34-33(35-29(27)15-17-37)38-20-18-36(19-21-38)28-8-5-9-28/h2-4,6-7,10-13,22-23,28H,5,8-9,14-21,24H2,1H3/b13-11+. The Morgan fingerprint density at radius 1 is 0.976 bits per heavy atom. The third-order valence-corrected chi connectivity index (χ3v) is 8.55. The minimum absolute atomic E-state index is 0.00137. The monoisotopic (exact) mass is 553 g/mol. The lowest BCUT2D eigenvalue weighted by Gasteiger charge is -2.43. The molecule has 1 aromatic heterocycles. The topological polar surface area (TPSA) is 71.0 Å². The van der Waals surface area contributed by atoms with Crippen LogP contribution in [0.15, 0.2) is 60.8 Å². The molecule has 3 heterocycles. The lowest BCUT2D eigenvalue weighted by molar-refractivity contribution is -0.125. The second-order valence-electron chi connectivity index (χ2n) is 11.1. The van der Waals surface area contributed by atoms with Crippen molar-refractivity contribution >= 4 is 17.9 Å². The minimum atomic E-state index is 0.00137. The molecule has 0 radical (unpaired) electrons. The Hall–Kier alpha value is -3.91. The van der Waals surface area contributed by atoms with Gasteiger partial charge in [0, 0.05) is 64.0 Å². The van der Waals surface area contributed by atoms with Crippen LogP contribution in [0.2, 0.25) is 0 Å². The van der Waals surface area contributed by atoms with Crippen LogP contribution >= 0.6 is 0 Å². The first kappa shape index (κ1) is 27.3. The maximum atomic E-state index is 13.1. The number of carbonyl (C=O) groups excluding carboxylic acids is 1. The average Bonchev–Trinajstić information content (AvgIpc) is 3.21. The van der Waals surface area contributed by atoms with Crippen molar-refractivity contribution in [2.75, 3.05) is 51.3 Å². The highest BCUT2D eigenvalue weighted by Crippen LogP contribution is 2.30. The molecule has 1 saturated heterocycles. The highest BCUT2D eigenvalue weighted by molar-refractivity contribution is 5.92. The van der Waals surface area contributed by atoms with Crippen LogP contribution in [0.25, 0.3) is 6.08 Å². The quantitative estimate of drug-likeness (QED) is 0.384. The Labute approximate surface area is 242 Å². The van der Waals surface area contributed by atoms with Crippen molar-refractivity contribution in [3.8, 4) is 11.5 Å². The number of aromatic nitrogens is 2. The molecule has 1 aliphatic carbocycles. The number of benzene rings is 2. The zero-order valence-corrected chi connectivity index (χ0v) is 23.9. The molecule has 0 N–H and O–H groups in total. The lowest BCUT2D eigenvalue weighted by atomic mass is 9.91. The first-order chi connectivity index (χ1) is 20.2. The fourth-order valence-corrected chi connectivity index (χ4v) is 5.79. The van der Waals surface area contributed by atoms with Crippen molar-refractivity contribution in [1.82, 2.24) is 19.8 Å². The third kappa shape index (κ3) is 6.54. The number of ether oxygens (including phenoxy) is 2. The molecule has 214 valence electrons. The second kappa shape index (κ2) is 12.7. The van der Waals surface area contributed by atoms with E-state index in [1.165, 1.54) is 19.3 Å². The van der Waals surface area contributed by atoms with E-state index >= 15 is 0 Å². The summed E-state index contributed by atoms with van der Waals surface area (Å²) in [5.41, 5.74) is 4.20. The maximum Gasteiger partial charge on any atom is 0.246 e. The van der Waals surface area contributed by atoms with Gasteiger partial charge in [-0.3, -0.25) is 9.69 Å². The molecule has 1 amide bonds. The zero-order chi connectivity index (χ0) is 28.0. The molecule has 3 aromatic rings. The maximum absolute atomic E-state index is 13.1. The van der Waals surface area contributed by atoms with Gasteiger partial charge in [-0.15, -0.1) is 0 Å². The van der Waals surface area contributed by atoms with Crippen molar-refractivity contribution in [2.24, 2.45) is 0 Å². The van der Waals surface area contributed by atoms with Crippen LogP contribution < -0.4 is 14.4 Å². The average molecular weight is 554 g/mol. The largest absolute Gasteiger partial charge is 0.493 e.